The predicted molar refractivity (Wildman–Crippen MR) is 81.1 cm³/mol. The van der Waals surface area contributed by atoms with Gasteiger partial charge < -0.3 is 4.74 Å². The average Bonchev–Trinajstić information content (AvgIpc) is 2.43. The molecule has 0 bridgehead atoms. The van der Waals surface area contributed by atoms with Crippen LogP contribution >= 0.6 is 0 Å². The minimum Gasteiger partial charge on any atom is -0.469 e. The summed E-state index contributed by atoms with van der Waals surface area (Å²) in [6, 6.07) is 0. The normalized spacial score (nSPS) is 19.0. The van der Waals surface area contributed by atoms with Crippen LogP contribution in [0, 0.1) is 0 Å². The highest BCUT2D eigenvalue weighted by Crippen LogP contribution is 2.18. The highest BCUT2D eigenvalue weighted by molar-refractivity contribution is 7.86. The van der Waals surface area contributed by atoms with Crippen LogP contribution in [0.15, 0.2) is 0 Å². The van der Waals surface area contributed by atoms with Gasteiger partial charge in [-0.1, -0.05) is 0 Å². The smallest absolute Gasteiger partial charge is 0.306 e. The maximum Gasteiger partial charge on any atom is 0.306 e. The molecule has 21 heavy (non-hydrogen) atoms. The van der Waals surface area contributed by atoms with Gasteiger partial charge >= 0.3 is 5.97 Å². The Labute approximate surface area is 128 Å². The van der Waals surface area contributed by atoms with Crippen LogP contribution in [0.25, 0.3) is 0 Å². The van der Waals surface area contributed by atoms with E-state index >= 15 is 0 Å². The van der Waals surface area contributed by atoms with Crippen LogP contribution in [0.1, 0.15) is 27.2 Å². The van der Waals surface area contributed by atoms with Gasteiger partial charge in [0.05, 0.1) is 13.5 Å². The molecule has 124 valence electrons. The van der Waals surface area contributed by atoms with E-state index in [4.69, 9.17) is 0 Å². The second-order valence-corrected chi connectivity index (χ2v) is 8.25. The van der Waals surface area contributed by atoms with Crippen molar-refractivity contribution in [3.63, 3.8) is 0 Å². The lowest BCUT2D eigenvalue weighted by molar-refractivity contribution is -0.140. The molecule has 7 nitrogen and oxygen atoms in total. The second-order valence-electron chi connectivity index (χ2n) is 6.21. The van der Waals surface area contributed by atoms with Crippen LogP contribution in [0.4, 0.5) is 0 Å². The van der Waals surface area contributed by atoms with Gasteiger partial charge in [0.1, 0.15) is 0 Å². The number of hydrogen-bond acceptors (Lipinski definition) is 5. The van der Waals surface area contributed by atoms with Gasteiger partial charge in [-0.3, -0.25) is 9.69 Å². The van der Waals surface area contributed by atoms with Crippen molar-refractivity contribution in [3.05, 3.63) is 0 Å². The Morgan fingerprint density at radius 1 is 1.19 bits per heavy atom. The van der Waals surface area contributed by atoms with Crippen molar-refractivity contribution >= 4 is 16.2 Å². The Hall–Kier alpha value is -0.700. The molecule has 0 N–H and O–H groups in total. The highest BCUT2D eigenvalue weighted by atomic mass is 32.2. The van der Waals surface area contributed by atoms with E-state index in [1.807, 2.05) is 0 Å². The Bertz CT molecular complexity index is 451. The molecule has 0 amide bonds. The van der Waals surface area contributed by atoms with Crippen LogP contribution in [0.2, 0.25) is 0 Å². The first-order chi connectivity index (χ1) is 9.59. The first kappa shape index (κ1) is 18.3. The van der Waals surface area contributed by atoms with Crippen molar-refractivity contribution in [3.8, 4) is 0 Å². The fourth-order valence-electron chi connectivity index (χ4n) is 2.25. The quantitative estimate of drug-likeness (QED) is 0.674. The van der Waals surface area contributed by atoms with Crippen LogP contribution in [0.3, 0.4) is 0 Å². The SMILES string of the molecule is COC(=O)CCN(C)S(=O)(=O)N1CCN(C(C)(C)C)CC1. The Morgan fingerprint density at radius 3 is 2.14 bits per heavy atom. The fraction of sp³-hybridized carbons (Fsp3) is 0.923. The van der Waals surface area contributed by atoms with E-state index in [9.17, 15) is 13.2 Å². The molecule has 1 aliphatic rings. The summed E-state index contributed by atoms with van der Waals surface area (Å²) in [6.07, 6.45) is 0.0637. The van der Waals surface area contributed by atoms with E-state index in [0.717, 1.165) is 0 Å². The summed E-state index contributed by atoms with van der Waals surface area (Å²) in [5.74, 6) is -0.408. The van der Waals surface area contributed by atoms with Crippen molar-refractivity contribution in [2.24, 2.45) is 0 Å². The standard InChI is InChI=1S/C13H27N3O4S/c1-13(2,3)15-8-10-16(11-9-15)21(18,19)14(4)7-6-12(17)20-5/h6-11H2,1-5H3. The monoisotopic (exact) mass is 321 g/mol. The number of piperazine rings is 1. The summed E-state index contributed by atoms with van der Waals surface area (Å²) in [7, 11) is -0.714. The number of carbonyl (C=O) groups is 1. The molecule has 8 heteroatoms. The van der Waals surface area contributed by atoms with Gasteiger partial charge in [0.2, 0.25) is 0 Å². The summed E-state index contributed by atoms with van der Waals surface area (Å²) < 4.78 is 32.1. The second kappa shape index (κ2) is 7.04. The molecular weight excluding hydrogens is 294 g/mol. The van der Waals surface area contributed by atoms with Crippen molar-refractivity contribution in [2.75, 3.05) is 46.9 Å². The van der Waals surface area contributed by atoms with Gasteiger partial charge in [-0.25, -0.2) is 0 Å². The van der Waals surface area contributed by atoms with E-state index < -0.39 is 16.2 Å². The van der Waals surface area contributed by atoms with Crippen LogP contribution in [-0.4, -0.2) is 80.3 Å². The maximum absolute atomic E-state index is 12.4. The molecule has 0 aromatic carbocycles. The molecule has 0 saturated carbocycles. The number of methoxy groups -OCH3 is 1. The minimum atomic E-state index is -3.50. The number of ether oxygens (including phenoxy) is 1. The third-order valence-corrected chi connectivity index (χ3v) is 5.75. The third kappa shape index (κ3) is 4.91. The molecule has 0 aliphatic carbocycles. The Morgan fingerprint density at radius 2 is 1.71 bits per heavy atom. The molecular formula is C13H27N3O4S. The fourth-order valence-corrected chi connectivity index (χ4v) is 3.59. The van der Waals surface area contributed by atoms with Gasteiger partial charge in [0, 0.05) is 45.3 Å². The number of nitrogens with zero attached hydrogens (tertiary/aromatic N) is 3. The molecule has 0 aromatic rings. The van der Waals surface area contributed by atoms with E-state index in [-0.39, 0.29) is 18.5 Å². The van der Waals surface area contributed by atoms with E-state index in [2.05, 4.69) is 30.4 Å². The van der Waals surface area contributed by atoms with Gasteiger partial charge in [0.15, 0.2) is 0 Å². The first-order valence-corrected chi connectivity index (χ1v) is 8.52. The van der Waals surface area contributed by atoms with Crippen LogP contribution < -0.4 is 0 Å². The molecule has 0 unspecified atom stereocenters. The van der Waals surface area contributed by atoms with Crippen LogP contribution in [-0.2, 0) is 19.7 Å². The first-order valence-electron chi connectivity index (χ1n) is 7.12. The van der Waals surface area contributed by atoms with Gasteiger partial charge in [-0.15, -0.1) is 0 Å². The summed E-state index contributed by atoms with van der Waals surface area (Å²) in [5, 5.41) is 0. The van der Waals surface area contributed by atoms with E-state index in [1.165, 1.54) is 22.8 Å². The highest BCUT2D eigenvalue weighted by Gasteiger charge is 2.33. The average molecular weight is 321 g/mol. The van der Waals surface area contributed by atoms with Crippen molar-refractivity contribution in [1.29, 1.82) is 0 Å². The lowest BCUT2D eigenvalue weighted by Crippen LogP contribution is -2.56. The number of rotatable bonds is 5. The lowest BCUT2D eigenvalue weighted by Gasteiger charge is -2.42. The Balaban J connectivity index is 2.58. The van der Waals surface area contributed by atoms with E-state index in [1.54, 1.807) is 0 Å². The van der Waals surface area contributed by atoms with Crippen molar-refractivity contribution < 1.29 is 17.9 Å². The van der Waals surface area contributed by atoms with Gasteiger partial charge in [-0.05, 0) is 20.8 Å². The predicted octanol–water partition coefficient (Wildman–Crippen LogP) is 0.142. The lowest BCUT2D eigenvalue weighted by atomic mass is 10.1. The van der Waals surface area contributed by atoms with Crippen LogP contribution in [0.5, 0.6) is 0 Å². The minimum absolute atomic E-state index is 0.0483. The molecule has 0 spiro atoms. The summed E-state index contributed by atoms with van der Waals surface area (Å²) in [4.78, 5) is 13.4. The topological polar surface area (TPSA) is 70.2 Å². The zero-order chi connectivity index (χ0) is 16.3. The molecule has 0 atom stereocenters. The molecule has 0 aromatic heterocycles. The van der Waals surface area contributed by atoms with Gasteiger partial charge in [0.25, 0.3) is 10.2 Å². The molecule has 1 fully saturated rings. The summed E-state index contributed by atoms with van der Waals surface area (Å²) >= 11 is 0. The largest absolute Gasteiger partial charge is 0.469 e. The summed E-state index contributed by atoms with van der Waals surface area (Å²) in [5.41, 5.74) is 0.0483. The van der Waals surface area contributed by atoms with Gasteiger partial charge in [-0.2, -0.15) is 17.0 Å². The van der Waals surface area contributed by atoms with Crippen molar-refractivity contribution in [1.82, 2.24) is 13.5 Å². The van der Waals surface area contributed by atoms with Crippen molar-refractivity contribution in [2.45, 2.75) is 32.7 Å². The molecule has 0 radical (unpaired) electrons. The van der Waals surface area contributed by atoms with E-state index in [0.29, 0.717) is 26.2 Å². The summed E-state index contributed by atoms with van der Waals surface area (Å²) in [6.45, 7) is 8.89. The number of carbonyl (C=O) groups excluding carboxylic acids is 1. The maximum atomic E-state index is 12.4. The zero-order valence-corrected chi connectivity index (χ0v) is 14.4. The Kier molecular flexibility index (Phi) is 6.15. The number of hydrogen-bond donors (Lipinski definition) is 0. The molecule has 1 aliphatic heterocycles. The zero-order valence-electron chi connectivity index (χ0n) is 13.6. The number of esters is 1. The molecule has 1 saturated heterocycles. The third-order valence-electron chi connectivity index (χ3n) is 3.77. The molecule has 1 rings (SSSR count). The molecule has 1 heterocycles.